The van der Waals surface area contributed by atoms with Crippen molar-refractivity contribution >= 4 is 27.5 Å². The Morgan fingerprint density at radius 3 is 2.39 bits per heavy atom. The molecule has 1 amide bonds. The standard InChI is InChI=1S/C20H20ClN3O3S/c1-4-11-24(14-16-7-5-15(13-22)6-8-16)20(25)17-9-10-18(21)19(12-17)28(26,27)23(2)3/h4-10,12H,1,11,14H2,2-3H3. The lowest BCUT2D eigenvalue weighted by Crippen LogP contribution is -2.31. The van der Waals surface area contributed by atoms with Gasteiger partial charge in [0.05, 0.1) is 16.7 Å². The zero-order valence-corrected chi connectivity index (χ0v) is 17.2. The molecule has 0 bridgehead atoms. The first-order chi connectivity index (χ1) is 13.2. The van der Waals surface area contributed by atoms with Crippen molar-refractivity contribution in [2.45, 2.75) is 11.4 Å². The molecule has 0 fully saturated rings. The van der Waals surface area contributed by atoms with E-state index < -0.39 is 10.0 Å². The molecule has 2 rings (SSSR count). The van der Waals surface area contributed by atoms with Crippen molar-refractivity contribution < 1.29 is 13.2 Å². The van der Waals surface area contributed by atoms with E-state index in [1.54, 1.807) is 30.3 Å². The van der Waals surface area contributed by atoms with Crippen LogP contribution in [0.15, 0.2) is 60.0 Å². The lowest BCUT2D eigenvalue weighted by molar-refractivity contribution is 0.0762. The molecule has 8 heteroatoms. The Balaban J connectivity index is 2.37. The van der Waals surface area contributed by atoms with Gasteiger partial charge >= 0.3 is 0 Å². The van der Waals surface area contributed by atoms with Gasteiger partial charge in [-0.1, -0.05) is 29.8 Å². The molecule has 0 unspecified atom stereocenters. The van der Waals surface area contributed by atoms with Crippen LogP contribution in [0, 0.1) is 11.3 Å². The summed E-state index contributed by atoms with van der Waals surface area (Å²) >= 11 is 6.06. The number of carbonyl (C=O) groups is 1. The largest absolute Gasteiger partial charge is 0.331 e. The number of amides is 1. The van der Waals surface area contributed by atoms with Crippen molar-refractivity contribution in [1.82, 2.24) is 9.21 Å². The molecule has 2 aromatic carbocycles. The Morgan fingerprint density at radius 1 is 1.21 bits per heavy atom. The summed E-state index contributed by atoms with van der Waals surface area (Å²) in [6.07, 6.45) is 1.59. The lowest BCUT2D eigenvalue weighted by Gasteiger charge is -2.22. The van der Waals surface area contributed by atoms with Crippen LogP contribution < -0.4 is 0 Å². The molecule has 0 spiro atoms. The smallest absolute Gasteiger partial charge is 0.254 e. The fraction of sp³-hybridized carbons (Fsp3) is 0.200. The van der Waals surface area contributed by atoms with E-state index in [0.29, 0.717) is 5.56 Å². The van der Waals surface area contributed by atoms with Crippen LogP contribution in [-0.4, -0.2) is 44.2 Å². The number of nitrogens with zero attached hydrogens (tertiary/aromatic N) is 3. The highest BCUT2D eigenvalue weighted by atomic mass is 35.5. The maximum atomic E-state index is 13.0. The molecule has 28 heavy (non-hydrogen) atoms. The lowest BCUT2D eigenvalue weighted by atomic mass is 10.1. The minimum Gasteiger partial charge on any atom is -0.331 e. The van der Waals surface area contributed by atoms with Crippen LogP contribution in [0.1, 0.15) is 21.5 Å². The van der Waals surface area contributed by atoms with Crippen molar-refractivity contribution in [2.24, 2.45) is 0 Å². The summed E-state index contributed by atoms with van der Waals surface area (Å²) in [4.78, 5) is 14.4. The van der Waals surface area contributed by atoms with Crippen molar-refractivity contribution in [2.75, 3.05) is 20.6 Å². The van der Waals surface area contributed by atoms with Crippen molar-refractivity contribution in [3.05, 3.63) is 76.8 Å². The van der Waals surface area contributed by atoms with Crippen molar-refractivity contribution in [3.8, 4) is 6.07 Å². The average Bonchev–Trinajstić information content (AvgIpc) is 2.67. The Labute approximate surface area is 170 Å². The molecule has 0 aliphatic rings. The molecule has 6 nitrogen and oxygen atoms in total. The van der Waals surface area contributed by atoms with Gasteiger partial charge in [0, 0.05) is 32.7 Å². The summed E-state index contributed by atoms with van der Waals surface area (Å²) in [7, 11) is -0.993. The maximum Gasteiger partial charge on any atom is 0.254 e. The third-order valence-corrected chi connectivity index (χ3v) is 6.33. The molecule has 2 aromatic rings. The summed E-state index contributed by atoms with van der Waals surface area (Å²) in [5.41, 5.74) is 1.58. The van der Waals surface area contributed by atoms with E-state index in [1.807, 2.05) is 6.07 Å². The first-order valence-corrected chi connectivity index (χ1v) is 10.1. The van der Waals surface area contributed by atoms with E-state index in [2.05, 4.69) is 6.58 Å². The van der Waals surface area contributed by atoms with E-state index in [0.717, 1.165) is 9.87 Å². The van der Waals surface area contributed by atoms with Gasteiger partial charge in [-0.2, -0.15) is 5.26 Å². The Hall–Kier alpha value is -2.66. The third-order valence-electron chi connectivity index (χ3n) is 4.03. The van der Waals surface area contributed by atoms with Gasteiger partial charge in [0.1, 0.15) is 4.90 Å². The first kappa shape index (κ1) is 21.6. The number of carbonyl (C=O) groups excluding carboxylic acids is 1. The van der Waals surface area contributed by atoms with Gasteiger partial charge < -0.3 is 4.90 Å². The first-order valence-electron chi connectivity index (χ1n) is 8.32. The maximum absolute atomic E-state index is 13.0. The molecule has 0 aliphatic heterocycles. The summed E-state index contributed by atoms with van der Waals surface area (Å²) in [5.74, 6) is -0.351. The fourth-order valence-corrected chi connectivity index (χ4v) is 3.89. The predicted molar refractivity (Wildman–Crippen MR) is 108 cm³/mol. The quantitative estimate of drug-likeness (QED) is 0.647. The highest BCUT2D eigenvalue weighted by Gasteiger charge is 2.24. The Bertz CT molecular complexity index is 1030. The number of benzene rings is 2. The molecule has 0 atom stereocenters. The monoisotopic (exact) mass is 417 g/mol. The van der Waals surface area contributed by atoms with E-state index in [-0.39, 0.29) is 34.5 Å². The molecule has 0 saturated carbocycles. The molecular weight excluding hydrogens is 398 g/mol. The Kier molecular flexibility index (Phi) is 6.97. The second-order valence-electron chi connectivity index (χ2n) is 6.22. The van der Waals surface area contributed by atoms with E-state index in [1.165, 1.54) is 37.2 Å². The molecular formula is C20H20ClN3O3S. The van der Waals surface area contributed by atoms with Crippen LogP contribution in [0.3, 0.4) is 0 Å². The van der Waals surface area contributed by atoms with Gasteiger partial charge in [0.15, 0.2) is 0 Å². The zero-order valence-electron chi connectivity index (χ0n) is 15.6. The second kappa shape index (κ2) is 9.02. The van der Waals surface area contributed by atoms with Crippen molar-refractivity contribution in [1.29, 1.82) is 5.26 Å². The number of hydrogen-bond acceptors (Lipinski definition) is 4. The zero-order chi connectivity index (χ0) is 20.9. The number of halogens is 1. The van der Waals surface area contributed by atoms with Gasteiger partial charge in [-0.25, -0.2) is 12.7 Å². The number of sulfonamides is 1. The summed E-state index contributed by atoms with van der Waals surface area (Å²) in [6, 6.07) is 13.1. The van der Waals surface area contributed by atoms with E-state index in [4.69, 9.17) is 16.9 Å². The second-order valence-corrected chi connectivity index (χ2v) is 8.74. The SMILES string of the molecule is C=CCN(Cc1ccc(C#N)cc1)C(=O)c1ccc(Cl)c(S(=O)(=O)N(C)C)c1. The molecule has 146 valence electrons. The molecule has 0 aliphatic carbocycles. The molecule has 0 heterocycles. The van der Waals surface area contributed by atoms with Gasteiger partial charge in [0.25, 0.3) is 5.91 Å². The highest BCUT2D eigenvalue weighted by molar-refractivity contribution is 7.89. The predicted octanol–water partition coefficient (Wildman–Crippen LogP) is 3.29. The summed E-state index contributed by atoms with van der Waals surface area (Å²) < 4.78 is 25.9. The average molecular weight is 418 g/mol. The van der Waals surface area contributed by atoms with Gasteiger partial charge in [-0.3, -0.25) is 4.79 Å². The molecule has 0 N–H and O–H groups in total. The van der Waals surface area contributed by atoms with Crippen LogP contribution in [0.25, 0.3) is 0 Å². The minimum atomic E-state index is -3.79. The van der Waals surface area contributed by atoms with Gasteiger partial charge in [0.2, 0.25) is 10.0 Å². The van der Waals surface area contributed by atoms with Gasteiger partial charge in [-0.05, 0) is 35.9 Å². The van der Waals surface area contributed by atoms with Crippen LogP contribution >= 0.6 is 11.6 Å². The summed E-state index contributed by atoms with van der Waals surface area (Å²) in [5, 5.41) is 8.94. The third kappa shape index (κ3) is 4.78. The summed E-state index contributed by atoms with van der Waals surface area (Å²) in [6.45, 7) is 4.24. The molecule has 0 saturated heterocycles. The number of rotatable bonds is 7. The van der Waals surface area contributed by atoms with E-state index in [9.17, 15) is 13.2 Å². The van der Waals surface area contributed by atoms with Crippen molar-refractivity contribution in [3.63, 3.8) is 0 Å². The van der Waals surface area contributed by atoms with E-state index >= 15 is 0 Å². The highest BCUT2D eigenvalue weighted by Crippen LogP contribution is 2.25. The normalized spacial score (nSPS) is 11.1. The van der Waals surface area contributed by atoms with Gasteiger partial charge in [-0.15, -0.1) is 6.58 Å². The topological polar surface area (TPSA) is 81.5 Å². The van der Waals surface area contributed by atoms with Crippen LogP contribution in [0.2, 0.25) is 5.02 Å². The Morgan fingerprint density at radius 2 is 1.86 bits per heavy atom. The van der Waals surface area contributed by atoms with Crippen LogP contribution in [0.5, 0.6) is 0 Å². The van der Waals surface area contributed by atoms with Crippen LogP contribution in [0.4, 0.5) is 0 Å². The van der Waals surface area contributed by atoms with Crippen LogP contribution in [-0.2, 0) is 16.6 Å². The fourth-order valence-electron chi connectivity index (χ4n) is 2.49. The molecule has 0 radical (unpaired) electrons. The number of nitriles is 1. The minimum absolute atomic E-state index is 0.0487. The molecule has 0 aromatic heterocycles. The number of hydrogen-bond donors (Lipinski definition) is 0.